The molecule has 1 heterocycles. The fourth-order valence-electron chi connectivity index (χ4n) is 2.03. The van der Waals surface area contributed by atoms with Gasteiger partial charge in [0.05, 0.1) is 4.90 Å². The Morgan fingerprint density at radius 1 is 1.44 bits per heavy atom. The van der Waals surface area contributed by atoms with Gasteiger partial charge in [0.25, 0.3) is 0 Å². The molecule has 2 N–H and O–H groups in total. The lowest BCUT2D eigenvalue weighted by molar-refractivity contribution is 0.458. The summed E-state index contributed by atoms with van der Waals surface area (Å²) in [6.45, 7) is 1.25. The van der Waals surface area contributed by atoms with Crippen LogP contribution < -0.4 is 5.73 Å². The summed E-state index contributed by atoms with van der Waals surface area (Å²) in [5.74, 6) is -0.487. The number of sulfonamides is 1. The first kappa shape index (κ1) is 13.7. The molecule has 0 aliphatic carbocycles. The molecular weight excluding hydrogens is 279 g/mol. The highest BCUT2D eigenvalue weighted by Crippen LogP contribution is 2.26. The molecule has 0 aromatic heterocycles. The van der Waals surface area contributed by atoms with Gasteiger partial charge in [0.1, 0.15) is 5.82 Å². The van der Waals surface area contributed by atoms with E-state index in [2.05, 4.69) is 0 Å². The van der Waals surface area contributed by atoms with Crippen molar-refractivity contribution in [1.82, 2.24) is 4.31 Å². The predicted molar refractivity (Wildman–Crippen MR) is 67.3 cm³/mol. The monoisotopic (exact) mass is 292 g/mol. The Labute approximate surface area is 111 Å². The van der Waals surface area contributed by atoms with Crippen LogP contribution >= 0.6 is 11.6 Å². The highest BCUT2D eigenvalue weighted by Gasteiger charge is 2.32. The quantitative estimate of drug-likeness (QED) is 0.917. The Kier molecular flexibility index (Phi) is 3.91. The molecule has 2 rings (SSSR count). The second-order valence-corrected chi connectivity index (χ2v) is 6.73. The van der Waals surface area contributed by atoms with E-state index in [0.29, 0.717) is 19.6 Å². The van der Waals surface area contributed by atoms with Gasteiger partial charge < -0.3 is 5.73 Å². The highest BCUT2D eigenvalue weighted by molar-refractivity contribution is 7.89. The van der Waals surface area contributed by atoms with Crippen LogP contribution in [-0.4, -0.2) is 32.4 Å². The first-order chi connectivity index (χ1) is 8.43. The van der Waals surface area contributed by atoms with Crippen LogP contribution in [0.2, 0.25) is 5.02 Å². The Morgan fingerprint density at radius 3 is 2.72 bits per heavy atom. The molecule has 1 aliphatic heterocycles. The molecule has 0 saturated carbocycles. The van der Waals surface area contributed by atoms with Crippen molar-refractivity contribution in [3.8, 4) is 0 Å². The zero-order valence-corrected chi connectivity index (χ0v) is 11.2. The fraction of sp³-hybridized carbons (Fsp3) is 0.455. The van der Waals surface area contributed by atoms with Gasteiger partial charge in [-0.05, 0) is 37.1 Å². The van der Waals surface area contributed by atoms with Crippen molar-refractivity contribution in [3.05, 3.63) is 29.0 Å². The van der Waals surface area contributed by atoms with Crippen molar-refractivity contribution < 1.29 is 12.8 Å². The van der Waals surface area contributed by atoms with E-state index < -0.39 is 15.8 Å². The van der Waals surface area contributed by atoms with E-state index in [0.717, 1.165) is 18.6 Å². The topological polar surface area (TPSA) is 63.4 Å². The minimum absolute atomic E-state index is 0.0724. The lowest BCUT2D eigenvalue weighted by Crippen LogP contribution is -2.30. The van der Waals surface area contributed by atoms with Gasteiger partial charge in [-0.2, -0.15) is 4.31 Å². The predicted octanol–water partition coefficient (Wildman–Crippen LogP) is 1.45. The molecule has 1 aromatic carbocycles. The number of rotatable bonds is 3. The van der Waals surface area contributed by atoms with Crippen molar-refractivity contribution in [1.29, 1.82) is 0 Å². The first-order valence-electron chi connectivity index (χ1n) is 5.60. The number of hydrogen-bond acceptors (Lipinski definition) is 3. The van der Waals surface area contributed by atoms with E-state index in [1.54, 1.807) is 0 Å². The summed E-state index contributed by atoms with van der Waals surface area (Å²) in [6, 6.07) is 3.32. The van der Waals surface area contributed by atoms with Gasteiger partial charge in [0.15, 0.2) is 0 Å². The molecule has 1 atom stereocenters. The maximum Gasteiger partial charge on any atom is 0.243 e. The van der Waals surface area contributed by atoms with Gasteiger partial charge in [0, 0.05) is 18.1 Å². The van der Waals surface area contributed by atoms with Gasteiger partial charge in [-0.15, -0.1) is 0 Å². The number of halogens is 2. The summed E-state index contributed by atoms with van der Waals surface area (Å²) in [5.41, 5.74) is 5.52. The largest absolute Gasteiger partial charge is 0.330 e. The Hall–Kier alpha value is -0.690. The molecule has 0 bridgehead atoms. The zero-order valence-electron chi connectivity index (χ0n) is 9.64. The summed E-state index contributed by atoms with van der Waals surface area (Å²) < 4.78 is 39.1. The van der Waals surface area contributed by atoms with E-state index in [9.17, 15) is 12.8 Å². The summed E-state index contributed by atoms with van der Waals surface area (Å²) >= 11 is 5.68. The number of hydrogen-bond donors (Lipinski definition) is 1. The van der Waals surface area contributed by atoms with E-state index in [4.69, 9.17) is 17.3 Å². The third kappa shape index (κ3) is 2.66. The maximum absolute atomic E-state index is 13.2. The average molecular weight is 293 g/mol. The SMILES string of the molecule is NCC1CCN(S(=O)(=O)c2cc(F)cc(Cl)c2)C1. The molecule has 100 valence electrons. The van der Waals surface area contributed by atoms with Crippen molar-refractivity contribution in [2.75, 3.05) is 19.6 Å². The van der Waals surface area contributed by atoms with E-state index in [1.165, 1.54) is 10.4 Å². The average Bonchev–Trinajstić information content (AvgIpc) is 2.76. The molecule has 1 fully saturated rings. The van der Waals surface area contributed by atoms with Gasteiger partial charge >= 0.3 is 0 Å². The number of benzene rings is 1. The lowest BCUT2D eigenvalue weighted by atomic mass is 10.1. The Morgan fingerprint density at radius 2 is 2.17 bits per heavy atom. The second kappa shape index (κ2) is 5.13. The molecule has 18 heavy (non-hydrogen) atoms. The third-order valence-corrected chi connectivity index (χ3v) is 5.12. The molecule has 0 radical (unpaired) electrons. The van der Waals surface area contributed by atoms with Crippen molar-refractivity contribution >= 4 is 21.6 Å². The van der Waals surface area contributed by atoms with Crippen molar-refractivity contribution in [2.24, 2.45) is 11.7 Å². The van der Waals surface area contributed by atoms with Crippen LogP contribution in [0, 0.1) is 11.7 Å². The first-order valence-corrected chi connectivity index (χ1v) is 7.41. The number of nitrogens with two attached hydrogens (primary N) is 1. The van der Waals surface area contributed by atoms with Gasteiger partial charge in [-0.25, -0.2) is 12.8 Å². The smallest absolute Gasteiger partial charge is 0.243 e. The molecule has 7 heteroatoms. The molecule has 4 nitrogen and oxygen atoms in total. The normalized spacial score (nSPS) is 21.4. The Balaban J connectivity index is 2.31. The summed E-state index contributed by atoms with van der Waals surface area (Å²) in [4.78, 5) is -0.106. The molecule has 0 spiro atoms. The summed E-state index contributed by atoms with van der Waals surface area (Å²) in [5, 5.41) is 0.0724. The third-order valence-electron chi connectivity index (χ3n) is 3.06. The summed E-state index contributed by atoms with van der Waals surface area (Å²) in [6.07, 6.45) is 0.735. The van der Waals surface area contributed by atoms with Gasteiger partial charge in [-0.3, -0.25) is 0 Å². The molecule has 1 aliphatic rings. The van der Waals surface area contributed by atoms with E-state index >= 15 is 0 Å². The lowest BCUT2D eigenvalue weighted by Gasteiger charge is -2.16. The van der Waals surface area contributed by atoms with E-state index in [-0.39, 0.29) is 15.8 Å². The fourth-order valence-corrected chi connectivity index (χ4v) is 3.91. The highest BCUT2D eigenvalue weighted by atomic mass is 35.5. The summed E-state index contributed by atoms with van der Waals surface area (Å²) in [7, 11) is -3.67. The molecule has 1 saturated heterocycles. The van der Waals surface area contributed by atoms with Crippen LogP contribution in [0.5, 0.6) is 0 Å². The zero-order chi connectivity index (χ0) is 13.3. The molecule has 1 unspecified atom stereocenters. The number of nitrogens with zero attached hydrogens (tertiary/aromatic N) is 1. The molecular formula is C11H14ClFN2O2S. The van der Waals surface area contributed by atoms with Crippen LogP contribution in [0.25, 0.3) is 0 Å². The Bertz CT molecular complexity index is 530. The minimum atomic E-state index is -3.67. The molecule has 0 amide bonds. The van der Waals surface area contributed by atoms with E-state index in [1.807, 2.05) is 0 Å². The van der Waals surface area contributed by atoms with Crippen LogP contribution in [0.4, 0.5) is 4.39 Å². The van der Waals surface area contributed by atoms with Gasteiger partial charge in [0.2, 0.25) is 10.0 Å². The minimum Gasteiger partial charge on any atom is -0.330 e. The van der Waals surface area contributed by atoms with Crippen molar-refractivity contribution in [3.63, 3.8) is 0 Å². The van der Waals surface area contributed by atoms with Crippen LogP contribution in [-0.2, 0) is 10.0 Å². The maximum atomic E-state index is 13.2. The van der Waals surface area contributed by atoms with Crippen molar-refractivity contribution in [2.45, 2.75) is 11.3 Å². The second-order valence-electron chi connectivity index (χ2n) is 4.36. The molecule has 1 aromatic rings. The van der Waals surface area contributed by atoms with Crippen LogP contribution in [0.1, 0.15) is 6.42 Å². The standard InChI is InChI=1S/C11H14ClFN2O2S/c12-9-3-10(13)5-11(4-9)18(16,17)15-2-1-8(6-14)7-15/h3-5,8H,1-2,6-7,14H2. The van der Waals surface area contributed by atoms with Crippen LogP contribution in [0.15, 0.2) is 23.1 Å². The van der Waals surface area contributed by atoms with Crippen LogP contribution in [0.3, 0.4) is 0 Å². The van der Waals surface area contributed by atoms with Gasteiger partial charge in [-0.1, -0.05) is 11.6 Å².